The third-order valence-electron chi connectivity index (χ3n) is 5.67. The maximum atomic E-state index is 14.8. The molecule has 1 aromatic heterocycles. The van der Waals surface area contributed by atoms with Crippen molar-refractivity contribution in [2.45, 2.75) is 36.9 Å². The largest absolute Gasteiger partial charge is 0.404 e. The number of aromatic amines is 1. The van der Waals surface area contributed by atoms with E-state index in [1.54, 1.807) is 0 Å². The molecular weight excluding hydrogens is 350 g/mol. The molecule has 1 aliphatic carbocycles. The monoisotopic (exact) mass is 367 g/mol. The number of alkyl halides is 3. The second-order valence-electron chi connectivity index (χ2n) is 7.22. The van der Waals surface area contributed by atoms with Crippen LogP contribution in [0.4, 0.5) is 28.9 Å². The summed E-state index contributed by atoms with van der Waals surface area (Å²) in [5.74, 6) is -1.18. The van der Waals surface area contributed by atoms with Crippen LogP contribution in [0.15, 0.2) is 35.3 Å². The first-order valence-corrected chi connectivity index (χ1v) is 8.25. The van der Waals surface area contributed by atoms with Gasteiger partial charge in [0, 0.05) is 28.6 Å². The van der Waals surface area contributed by atoms with Crippen molar-refractivity contribution >= 4 is 11.4 Å². The number of H-pyrrole nitrogens is 1. The lowest BCUT2D eigenvalue weighted by atomic mass is 9.58. The van der Waals surface area contributed by atoms with Gasteiger partial charge in [-0.15, -0.1) is 0 Å². The van der Waals surface area contributed by atoms with Crippen LogP contribution in [0.3, 0.4) is 0 Å². The Balaban J connectivity index is 2.19. The van der Waals surface area contributed by atoms with Gasteiger partial charge in [-0.25, -0.2) is 4.39 Å². The van der Waals surface area contributed by atoms with Crippen LogP contribution in [-0.2, 0) is 5.41 Å². The molecule has 4 rings (SSSR count). The molecule has 0 radical (unpaired) electrons. The quantitative estimate of drug-likeness (QED) is 0.711. The van der Waals surface area contributed by atoms with Gasteiger partial charge in [0.1, 0.15) is 16.9 Å². The summed E-state index contributed by atoms with van der Waals surface area (Å²) in [7, 11) is 0. The summed E-state index contributed by atoms with van der Waals surface area (Å²) in [5.41, 5.74) is 0.490. The minimum Gasteiger partial charge on any atom is -0.351 e. The molecule has 0 bridgehead atoms. The van der Waals surface area contributed by atoms with Gasteiger partial charge in [0.15, 0.2) is 0 Å². The zero-order valence-electron chi connectivity index (χ0n) is 13.9. The third-order valence-corrected chi connectivity index (χ3v) is 5.67. The summed E-state index contributed by atoms with van der Waals surface area (Å²) in [6.07, 6.45) is -2.56. The van der Waals surface area contributed by atoms with E-state index in [-0.39, 0.29) is 28.4 Å². The van der Waals surface area contributed by atoms with Crippen LogP contribution in [0, 0.1) is 11.7 Å². The zero-order valence-corrected chi connectivity index (χ0v) is 13.9. The molecule has 0 spiro atoms. The highest BCUT2D eigenvalue weighted by Crippen LogP contribution is 2.62. The summed E-state index contributed by atoms with van der Waals surface area (Å²) in [6.45, 7) is 1.35. The first-order valence-electron chi connectivity index (χ1n) is 8.25. The van der Waals surface area contributed by atoms with Crippen molar-refractivity contribution in [1.29, 1.82) is 0 Å². The van der Waals surface area contributed by atoms with Crippen LogP contribution in [0.25, 0.3) is 0 Å². The highest BCUT2D eigenvalue weighted by Gasteiger charge is 2.71. The van der Waals surface area contributed by atoms with Crippen LogP contribution in [0.1, 0.15) is 30.9 Å². The predicted molar refractivity (Wildman–Crippen MR) is 88.9 cm³/mol. The Hall–Kier alpha value is -2.35. The number of benzene rings is 1. The molecule has 4 nitrogen and oxygen atoms in total. The summed E-state index contributed by atoms with van der Waals surface area (Å²) in [6, 6.07) is 4.34. The van der Waals surface area contributed by atoms with Crippen LogP contribution in [0.5, 0.6) is 0 Å². The van der Waals surface area contributed by atoms with E-state index in [0.29, 0.717) is 12.8 Å². The Morgan fingerprint density at radius 3 is 2.50 bits per heavy atom. The number of fused-ring (bicyclic) bond motifs is 2. The smallest absolute Gasteiger partial charge is 0.351 e. The van der Waals surface area contributed by atoms with Crippen LogP contribution < -0.4 is 16.6 Å². The molecular formula is C18H17F4N3O. The van der Waals surface area contributed by atoms with E-state index in [1.807, 2.05) is 0 Å². The number of hydrogen-bond acceptors (Lipinski definition) is 3. The maximum Gasteiger partial charge on any atom is 0.404 e. The molecule has 26 heavy (non-hydrogen) atoms. The fraction of sp³-hybridized carbons (Fsp3) is 0.389. The van der Waals surface area contributed by atoms with E-state index in [2.05, 4.69) is 10.3 Å². The number of rotatable bonds is 2. The Labute approximate surface area is 146 Å². The standard InChI is InChI=1S/C18H17F4N3O/c1-16(23,9-2-3-9)17(18(20,21)22)11-6-7-24-15(26)14(11)25-13-5-4-10(19)8-12(13)17/h4-9,25H,2-3,23H2,1H3,(H,24,26). The topological polar surface area (TPSA) is 70.9 Å². The average Bonchev–Trinajstić information content (AvgIpc) is 3.37. The molecule has 8 heteroatoms. The molecule has 0 saturated heterocycles. The minimum atomic E-state index is -4.84. The highest BCUT2D eigenvalue weighted by molar-refractivity contribution is 5.77. The number of hydrogen-bond donors (Lipinski definition) is 3. The Bertz CT molecular complexity index is 946. The molecule has 2 aliphatic rings. The second-order valence-corrected chi connectivity index (χ2v) is 7.22. The lowest BCUT2D eigenvalue weighted by Crippen LogP contribution is -2.66. The normalized spacial score (nSPS) is 24.2. The fourth-order valence-corrected chi connectivity index (χ4v) is 4.31. The van der Waals surface area contributed by atoms with Gasteiger partial charge < -0.3 is 16.0 Å². The number of aromatic nitrogens is 1. The van der Waals surface area contributed by atoms with Gasteiger partial charge in [0.05, 0.1) is 0 Å². The summed E-state index contributed by atoms with van der Waals surface area (Å²) in [5, 5.41) is 2.73. The summed E-state index contributed by atoms with van der Waals surface area (Å²) < 4.78 is 58.3. The van der Waals surface area contributed by atoms with Crippen molar-refractivity contribution in [2.24, 2.45) is 11.7 Å². The molecule has 138 valence electrons. The van der Waals surface area contributed by atoms with Gasteiger partial charge in [0.2, 0.25) is 0 Å². The molecule has 1 saturated carbocycles. The Kier molecular flexibility index (Phi) is 3.35. The molecule has 2 unspecified atom stereocenters. The summed E-state index contributed by atoms with van der Waals surface area (Å²) >= 11 is 0. The molecule has 2 heterocycles. The van der Waals surface area contributed by atoms with Crippen LogP contribution in [0.2, 0.25) is 0 Å². The van der Waals surface area contributed by atoms with Crippen molar-refractivity contribution in [3.8, 4) is 0 Å². The van der Waals surface area contributed by atoms with Crippen molar-refractivity contribution in [3.63, 3.8) is 0 Å². The Morgan fingerprint density at radius 2 is 1.88 bits per heavy atom. The molecule has 0 amide bonds. The first-order chi connectivity index (χ1) is 12.1. The average molecular weight is 367 g/mol. The van der Waals surface area contributed by atoms with Crippen molar-refractivity contribution in [2.75, 3.05) is 5.32 Å². The lowest BCUT2D eigenvalue weighted by Gasteiger charge is -2.51. The number of halogens is 4. The lowest BCUT2D eigenvalue weighted by molar-refractivity contribution is -0.197. The van der Waals surface area contributed by atoms with Crippen molar-refractivity contribution in [1.82, 2.24) is 4.98 Å². The third kappa shape index (κ3) is 2.02. The van der Waals surface area contributed by atoms with Crippen molar-refractivity contribution < 1.29 is 17.6 Å². The van der Waals surface area contributed by atoms with Gasteiger partial charge in [-0.05, 0) is 49.9 Å². The fourth-order valence-electron chi connectivity index (χ4n) is 4.31. The number of pyridine rings is 1. The van der Waals surface area contributed by atoms with Crippen LogP contribution >= 0.6 is 0 Å². The van der Waals surface area contributed by atoms with Gasteiger partial charge in [-0.1, -0.05) is 0 Å². The highest BCUT2D eigenvalue weighted by atomic mass is 19.4. The minimum absolute atomic E-state index is 0.0326. The molecule has 4 N–H and O–H groups in total. The number of anilines is 2. The molecule has 1 fully saturated rings. The second kappa shape index (κ2) is 5.09. The van der Waals surface area contributed by atoms with E-state index in [4.69, 9.17) is 5.73 Å². The number of nitrogens with one attached hydrogen (secondary N) is 2. The van der Waals surface area contributed by atoms with Gasteiger partial charge in [0.25, 0.3) is 5.56 Å². The van der Waals surface area contributed by atoms with Crippen molar-refractivity contribution in [3.05, 3.63) is 57.8 Å². The van der Waals surface area contributed by atoms with E-state index >= 15 is 0 Å². The van der Waals surface area contributed by atoms with E-state index in [0.717, 1.165) is 18.3 Å². The molecule has 1 aromatic carbocycles. The Morgan fingerprint density at radius 1 is 1.19 bits per heavy atom. The SMILES string of the molecule is CC(N)(C1CC1)C1(C(F)(F)F)c2cc(F)ccc2Nc2c1cc[nH]c2=O. The molecule has 2 atom stereocenters. The summed E-state index contributed by atoms with van der Waals surface area (Å²) in [4.78, 5) is 14.7. The van der Waals surface area contributed by atoms with E-state index in [1.165, 1.54) is 19.1 Å². The van der Waals surface area contributed by atoms with Crippen LogP contribution in [-0.4, -0.2) is 16.7 Å². The maximum absolute atomic E-state index is 14.8. The molecule has 1 aliphatic heterocycles. The van der Waals surface area contributed by atoms with E-state index < -0.39 is 28.5 Å². The predicted octanol–water partition coefficient (Wildman–Crippen LogP) is 3.55. The van der Waals surface area contributed by atoms with E-state index in [9.17, 15) is 22.4 Å². The van der Waals surface area contributed by atoms with Gasteiger partial charge in [-0.3, -0.25) is 4.79 Å². The first kappa shape index (κ1) is 17.1. The molecule has 2 aromatic rings. The van der Waals surface area contributed by atoms with Gasteiger partial charge >= 0.3 is 6.18 Å². The number of nitrogens with two attached hydrogens (primary N) is 1. The van der Waals surface area contributed by atoms with Gasteiger partial charge in [-0.2, -0.15) is 13.2 Å². The zero-order chi connectivity index (χ0) is 18.9.